The number of imidazole rings is 1. The summed E-state index contributed by atoms with van der Waals surface area (Å²) < 4.78 is 8.26. The predicted molar refractivity (Wildman–Crippen MR) is 120 cm³/mol. The molecule has 0 radical (unpaired) electrons. The number of ether oxygens (including phenoxy) is 1. The molecule has 158 valence electrons. The van der Waals surface area contributed by atoms with Crippen LogP contribution in [0.3, 0.4) is 0 Å². The number of fused-ring (bicyclic) bond motifs is 1. The van der Waals surface area contributed by atoms with Crippen molar-refractivity contribution < 1.29 is 9.53 Å². The van der Waals surface area contributed by atoms with E-state index in [1.54, 1.807) is 0 Å². The average molecular weight is 406 g/mol. The van der Waals surface area contributed by atoms with Gasteiger partial charge < -0.3 is 14.2 Å². The molecular weight excluding hydrogens is 374 g/mol. The van der Waals surface area contributed by atoms with Crippen molar-refractivity contribution in [3.05, 3.63) is 59.9 Å². The van der Waals surface area contributed by atoms with Crippen molar-refractivity contribution >= 4 is 16.9 Å². The highest BCUT2D eigenvalue weighted by Gasteiger charge is 2.33. The van der Waals surface area contributed by atoms with Crippen LogP contribution in [0.5, 0.6) is 5.75 Å². The van der Waals surface area contributed by atoms with Crippen LogP contribution in [0.25, 0.3) is 11.0 Å². The van der Waals surface area contributed by atoms with Crippen LogP contribution in [0.1, 0.15) is 50.4 Å². The molecule has 1 aliphatic heterocycles. The van der Waals surface area contributed by atoms with E-state index >= 15 is 0 Å². The molecule has 1 aromatic heterocycles. The van der Waals surface area contributed by atoms with Crippen LogP contribution in [0, 0.1) is 0 Å². The molecular formula is C25H31N3O2. The van der Waals surface area contributed by atoms with Crippen molar-refractivity contribution in [2.75, 3.05) is 19.7 Å². The smallest absolute Gasteiger partial charge is 0.223 e. The van der Waals surface area contributed by atoms with E-state index in [1.165, 1.54) is 5.56 Å². The molecule has 1 aliphatic rings. The standard InChI is InChI=1S/C25H31N3O2/c1-3-5-14-27-18-20(17-24(27)29)25-26-22-8-6-7-9-23(22)28(25)15-16-30-21-12-10-19(4-2)11-13-21/h6-13,20H,3-5,14-18H2,1-2H3/t20-/m1/s1. The second kappa shape index (κ2) is 9.33. The van der Waals surface area contributed by atoms with Crippen molar-refractivity contribution in [1.29, 1.82) is 0 Å². The Hall–Kier alpha value is -2.82. The van der Waals surface area contributed by atoms with Gasteiger partial charge in [-0.25, -0.2) is 4.98 Å². The van der Waals surface area contributed by atoms with E-state index in [4.69, 9.17) is 9.72 Å². The largest absolute Gasteiger partial charge is 0.492 e. The second-order valence-electron chi connectivity index (χ2n) is 8.05. The first-order valence-electron chi connectivity index (χ1n) is 11.1. The molecule has 1 fully saturated rings. The van der Waals surface area contributed by atoms with Gasteiger partial charge in [-0.2, -0.15) is 0 Å². The molecule has 2 heterocycles. The third kappa shape index (κ3) is 4.35. The number of rotatable bonds is 9. The van der Waals surface area contributed by atoms with Gasteiger partial charge in [0.15, 0.2) is 0 Å². The minimum Gasteiger partial charge on any atom is -0.492 e. The van der Waals surface area contributed by atoms with Crippen LogP contribution in [-0.4, -0.2) is 40.1 Å². The zero-order chi connectivity index (χ0) is 20.9. The third-order valence-corrected chi connectivity index (χ3v) is 5.96. The van der Waals surface area contributed by atoms with Crippen LogP contribution in [0.4, 0.5) is 0 Å². The van der Waals surface area contributed by atoms with E-state index in [1.807, 2.05) is 35.2 Å². The maximum absolute atomic E-state index is 12.5. The molecule has 1 saturated heterocycles. The number of aromatic nitrogens is 2. The van der Waals surface area contributed by atoms with E-state index in [-0.39, 0.29) is 11.8 Å². The number of hydrogen-bond donors (Lipinski definition) is 0. The van der Waals surface area contributed by atoms with Crippen LogP contribution in [0.2, 0.25) is 0 Å². The number of benzene rings is 2. The van der Waals surface area contributed by atoms with Gasteiger partial charge in [-0.05, 0) is 42.7 Å². The van der Waals surface area contributed by atoms with Crippen molar-refractivity contribution in [3.63, 3.8) is 0 Å². The molecule has 0 saturated carbocycles. The zero-order valence-corrected chi connectivity index (χ0v) is 18.0. The van der Waals surface area contributed by atoms with Gasteiger partial charge >= 0.3 is 0 Å². The van der Waals surface area contributed by atoms with Crippen molar-refractivity contribution in [3.8, 4) is 5.75 Å². The Bertz CT molecular complexity index is 993. The number of nitrogens with zero attached hydrogens (tertiary/aromatic N) is 3. The lowest BCUT2D eigenvalue weighted by Crippen LogP contribution is -2.26. The number of unbranched alkanes of at least 4 members (excludes halogenated alkanes) is 1. The van der Waals surface area contributed by atoms with E-state index in [0.717, 1.165) is 55.0 Å². The van der Waals surface area contributed by atoms with E-state index in [2.05, 4.69) is 36.6 Å². The Balaban J connectivity index is 1.51. The predicted octanol–water partition coefficient (Wildman–Crippen LogP) is 4.79. The van der Waals surface area contributed by atoms with Gasteiger partial charge in [0.1, 0.15) is 18.2 Å². The first-order chi connectivity index (χ1) is 14.7. The Morgan fingerprint density at radius 1 is 1.07 bits per heavy atom. The highest BCUT2D eigenvalue weighted by molar-refractivity contribution is 5.80. The van der Waals surface area contributed by atoms with E-state index in [0.29, 0.717) is 19.6 Å². The Kier molecular flexibility index (Phi) is 6.36. The molecule has 5 heteroatoms. The van der Waals surface area contributed by atoms with E-state index in [9.17, 15) is 4.79 Å². The fourth-order valence-electron chi connectivity index (χ4n) is 4.23. The molecule has 3 aromatic rings. The van der Waals surface area contributed by atoms with Crippen LogP contribution in [0.15, 0.2) is 48.5 Å². The molecule has 0 bridgehead atoms. The van der Waals surface area contributed by atoms with E-state index < -0.39 is 0 Å². The van der Waals surface area contributed by atoms with Crippen molar-refractivity contribution in [2.24, 2.45) is 0 Å². The summed E-state index contributed by atoms with van der Waals surface area (Å²) >= 11 is 0. The molecule has 1 atom stereocenters. The Morgan fingerprint density at radius 2 is 1.87 bits per heavy atom. The van der Waals surface area contributed by atoms with Gasteiger partial charge in [-0.3, -0.25) is 4.79 Å². The van der Waals surface area contributed by atoms with Gasteiger partial charge in [0, 0.05) is 25.4 Å². The summed E-state index contributed by atoms with van der Waals surface area (Å²) in [7, 11) is 0. The summed E-state index contributed by atoms with van der Waals surface area (Å²) in [6.45, 7) is 7.21. The number of aryl methyl sites for hydroxylation is 1. The molecule has 0 unspecified atom stereocenters. The SMILES string of the molecule is CCCCN1C[C@H](c2nc3ccccc3n2CCOc2ccc(CC)cc2)CC1=O. The van der Waals surface area contributed by atoms with Gasteiger partial charge in [-0.15, -0.1) is 0 Å². The van der Waals surface area contributed by atoms with Gasteiger partial charge in [0.05, 0.1) is 17.6 Å². The fourth-order valence-corrected chi connectivity index (χ4v) is 4.23. The average Bonchev–Trinajstić information content (AvgIpc) is 3.33. The summed E-state index contributed by atoms with van der Waals surface area (Å²) in [5, 5.41) is 0. The first kappa shape index (κ1) is 20.5. The quantitative estimate of drug-likeness (QED) is 0.514. The number of hydrogen-bond acceptors (Lipinski definition) is 3. The van der Waals surface area contributed by atoms with Crippen LogP contribution < -0.4 is 4.74 Å². The summed E-state index contributed by atoms with van der Waals surface area (Å²) in [4.78, 5) is 19.4. The third-order valence-electron chi connectivity index (χ3n) is 5.96. The molecule has 0 aliphatic carbocycles. The van der Waals surface area contributed by atoms with Crippen LogP contribution in [-0.2, 0) is 17.8 Å². The number of amides is 1. The van der Waals surface area contributed by atoms with Gasteiger partial charge in [0.2, 0.25) is 5.91 Å². The molecule has 0 N–H and O–H groups in total. The van der Waals surface area contributed by atoms with Crippen molar-refractivity contribution in [2.45, 2.75) is 52.0 Å². The topological polar surface area (TPSA) is 47.4 Å². The number of carbonyl (C=O) groups is 1. The fraction of sp³-hybridized carbons (Fsp3) is 0.440. The highest BCUT2D eigenvalue weighted by Crippen LogP contribution is 2.30. The lowest BCUT2D eigenvalue weighted by Gasteiger charge is -2.17. The summed E-state index contributed by atoms with van der Waals surface area (Å²) in [5.74, 6) is 2.29. The number of carbonyl (C=O) groups excluding carboxylic acids is 1. The van der Waals surface area contributed by atoms with Gasteiger partial charge in [-0.1, -0.05) is 44.5 Å². The van der Waals surface area contributed by atoms with Crippen molar-refractivity contribution in [1.82, 2.24) is 14.5 Å². The monoisotopic (exact) mass is 405 g/mol. The lowest BCUT2D eigenvalue weighted by molar-refractivity contribution is -0.127. The Morgan fingerprint density at radius 3 is 2.63 bits per heavy atom. The number of likely N-dealkylation sites (tertiary alicyclic amines) is 1. The Labute approximate surface area is 178 Å². The molecule has 30 heavy (non-hydrogen) atoms. The minimum atomic E-state index is 0.144. The van der Waals surface area contributed by atoms with Crippen LogP contribution >= 0.6 is 0 Å². The second-order valence-corrected chi connectivity index (χ2v) is 8.05. The maximum Gasteiger partial charge on any atom is 0.223 e. The molecule has 5 nitrogen and oxygen atoms in total. The highest BCUT2D eigenvalue weighted by atomic mass is 16.5. The molecule has 4 rings (SSSR count). The molecule has 2 aromatic carbocycles. The zero-order valence-electron chi connectivity index (χ0n) is 18.0. The molecule has 1 amide bonds. The number of para-hydroxylation sites is 2. The maximum atomic E-state index is 12.5. The first-order valence-corrected chi connectivity index (χ1v) is 11.1. The lowest BCUT2D eigenvalue weighted by atomic mass is 10.1. The normalized spacial score (nSPS) is 16.5. The minimum absolute atomic E-state index is 0.144. The van der Waals surface area contributed by atoms with Gasteiger partial charge in [0.25, 0.3) is 0 Å². The summed E-state index contributed by atoms with van der Waals surface area (Å²) in [5.41, 5.74) is 3.40. The molecule has 0 spiro atoms. The summed E-state index contributed by atoms with van der Waals surface area (Å²) in [6, 6.07) is 16.5. The summed E-state index contributed by atoms with van der Waals surface area (Å²) in [6.07, 6.45) is 3.73.